The molecule has 6 heteroatoms. The Labute approximate surface area is 113 Å². The van der Waals surface area contributed by atoms with E-state index in [4.69, 9.17) is 4.74 Å². The van der Waals surface area contributed by atoms with Gasteiger partial charge >= 0.3 is 0 Å². The topological polar surface area (TPSA) is 41.6 Å². The molecule has 0 radical (unpaired) electrons. The average Bonchev–Trinajstić information content (AvgIpc) is 2.31. The quantitative estimate of drug-likeness (QED) is 0.811. The zero-order valence-electron chi connectivity index (χ0n) is 10.2. The normalized spacial score (nSPS) is 29.6. The molecule has 2 heterocycles. The predicted octanol–water partition coefficient (Wildman–Crippen LogP) is 0.751. The van der Waals surface area contributed by atoms with Crippen molar-refractivity contribution in [3.63, 3.8) is 0 Å². The molecule has 0 aliphatic carbocycles. The molecule has 2 atom stereocenters. The first-order valence-corrected chi connectivity index (χ1v) is 7.12. The first-order chi connectivity index (χ1) is 7.77. The molecular weight excluding hydrogens is 260 g/mol. The Hall–Kier alpha value is 0.0300. The smallest absolute Gasteiger partial charge is 0.225 e. The minimum absolute atomic E-state index is 0. The maximum Gasteiger partial charge on any atom is 0.225 e. The van der Waals surface area contributed by atoms with Gasteiger partial charge in [-0.25, -0.2) is 0 Å². The van der Waals surface area contributed by atoms with Crippen LogP contribution in [-0.2, 0) is 9.53 Å². The summed E-state index contributed by atoms with van der Waals surface area (Å²) < 4.78 is 5.56. The summed E-state index contributed by atoms with van der Waals surface area (Å²) in [5.41, 5.74) is 0. The molecule has 2 aliphatic rings. The molecule has 2 unspecified atom stereocenters. The average molecular weight is 281 g/mol. The molecule has 0 bridgehead atoms. The lowest BCUT2D eigenvalue weighted by atomic mass is 10.2. The van der Waals surface area contributed by atoms with Crippen molar-refractivity contribution in [2.75, 3.05) is 37.7 Å². The minimum atomic E-state index is 0. The van der Waals surface area contributed by atoms with Crippen molar-refractivity contribution in [2.45, 2.75) is 25.5 Å². The van der Waals surface area contributed by atoms with Gasteiger partial charge in [0.1, 0.15) is 0 Å². The van der Waals surface area contributed by atoms with Crippen LogP contribution >= 0.6 is 24.2 Å². The molecule has 100 valence electrons. The fourth-order valence-electron chi connectivity index (χ4n) is 2.16. The second kappa shape index (κ2) is 7.46. The Kier molecular flexibility index (Phi) is 6.62. The van der Waals surface area contributed by atoms with Crippen LogP contribution in [0.25, 0.3) is 0 Å². The molecular formula is C11H21ClN2O2S. The molecule has 2 saturated heterocycles. The monoisotopic (exact) mass is 280 g/mol. The second-order valence-corrected chi connectivity index (χ2v) is 5.56. The third-order valence-electron chi connectivity index (χ3n) is 3.09. The summed E-state index contributed by atoms with van der Waals surface area (Å²) in [5.74, 6) is 2.39. The number of hydrogen-bond acceptors (Lipinski definition) is 4. The molecule has 0 aromatic rings. The Morgan fingerprint density at radius 1 is 1.59 bits per heavy atom. The summed E-state index contributed by atoms with van der Waals surface area (Å²) in [6.07, 6.45) is 0.602. The molecule has 2 aliphatic heterocycles. The van der Waals surface area contributed by atoms with Gasteiger partial charge in [0.25, 0.3) is 0 Å². The van der Waals surface area contributed by atoms with Gasteiger partial charge in [-0.15, -0.1) is 12.4 Å². The van der Waals surface area contributed by atoms with E-state index in [1.54, 1.807) is 0 Å². The zero-order valence-corrected chi connectivity index (χ0v) is 11.8. The minimum Gasteiger partial charge on any atom is -0.375 e. The molecule has 4 nitrogen and oxygen atoms in total. The number of ether oxygens (including phenoxy) is 1. The Morgan fingerprint density at radius 2 is 2.41 bits per heavy atom. The van der Waals surface area contributed by atoms with Gasteiger partial charge in [0.05, 0.1) is 19.1 Å². The van der Waals surface area contributed by atoms with Crippen molar-refractivity contribution in [3.05, 3.63) is 0 Å². The highest BCUT2D eigenvalue weighted by Gasteiger charge is 2.26. The number of hydrogen-bond donors (Lipinski definition) is 1. The van der Waals surface area contributed by atoms with Gasteiger partial charge in [-0.05, 0) is 6.92 Å². The number of halogens is 1. The number of thioether (sulfide) groups is 1. The van der Waals surface area contributed by atoms with Crippen LogP contribution in [0.4, 0.5) is 0 Å². The summed E-state index contributed by atoms with van der Waals surface area (Å²) in [7, 11) is 0. The zero-order chi connectivity index (χ0) is 11.4. The number of morpholine rings is 1. The van der Waals surface area contributed by atoms with Crippen molar-refractivity contribution < 1.29 is 9.53 Å². The van der Waals surface area contributed by atoms with Crippen LogP contribution in [-0.4, -0.2) is 60.7 Å². The number of carbonyl (C=O) groups excluding carboxylic acids is 1. The molecule has 2 rings (SSSR count). The summed E-state index contributed by atoms with van der Waals surface area (Å²) in [6, 6.07) is 0.378. The van der Waals surface area contributed by atoms with Gasteiger partial charge in [-0.2, -0.15) is 11.8 Å². The lowest BCUT2D eigenvalue weighted by Crippen LogP contribution is -2.47. The van der Waals surface area contributed by atoms with Crippen LogP contribution < -0.4 is 5.32 Å². The van der Waals surface area contributed by atoms with E-state index in [9.17, 15) is 4.79 Å². The Balaban J connectivity index is 0.00000144. The van der Waals surface area contributed by atoms with E-state index in [-0.39, 0.29) is 24.4 Å². The predicted molar refractivity (Wildman–Crippen MR) is 73.0 cm³/mol. The van der Waals surface area contributed by atoms with Gasteiger partial charge in [0.2, 0.25) is 5.91 Å². The van der Waals surface area contributed by atoms with Crippen LogP contribution in [0.5, 0.6) is 0 Å². The van der Waals surface area contributed by atoms with E-state index < -0.39 is 0 Å². The van der Waals surface area contributed by atoms with Crippen molar-refractivity contribution >= 4 is 30.1 Å². The lowest BCUT2D eigenvalue weighted by molar-refractivity contribution is -0.136. The number of rotatable bonds is 2. The summed E-state index contributed by atoms with van der Waals surface area (Å²) in [5, 5.41) is 3.25. The molecule has 1 N–H and O–H groups in total. The second-order valence-electron chi connectivity index (χ2n) is 4.41. The number of amides is 1. The van der Waals surface area contributed by atoms with E-state index in [0.29, 0.717) is 12.5 Å². The molecule has 0 aromatic carbocycles. The number of nitrogens with one attached hydrogen (secondary N) is 1. The van der Waals surface area contributed by atoms with Gasteiger partial charge < -0.3 is 15.0 Å². The van der Waals surface area contributed by atoms with Gasteiger partial charge in [0.15, 0.2) is 0 Å². The highest BCUT2D eigenvalue weighted by atomic mass is 35.5. The van der Waals surface area contributed by atoms with E-state index in [0.717, 1.165) is 37.7 Å². The molecule has 2 fully saturated rings. The largest absolute Gasteiger partial charge is 0.375 e. The summed E-state index contributed by atoms with van der Waals surface area (Å²) in [4.78, 5) is 14.1. The van der Waals surface area contributed by atoms with Crippen LogP contribution in [0.15, 0.2) is 0 Å². The van der Waals surface area contributed by atoms with Gasteiger partial charge in [0, 0.05) is 37.2 Å². The maximum atomic E-state index is 12.1. The van der Waals surface area contributed by atoms with E-state index in [2.05, 4.69) is 12.2 Å². The van der Waals surface area contributed by atoms with Crippen LogP contribution in [0.1, 0.15) is 13.3 Å². The van der Waals surface area contributed by atoms with Crippen molar-refractivity contribution in [1.29, 1.82) is 0 Å². The first kappa shape index (κ1) is 15.1. The van der Waals surface area contributed by atoms with Crippen molar-refractivity contribution in [2.24, 2.45) is 0 Å². The molecule has 0 spiro atoms. The van der Waals surface area contributed by atoms with Crippen molar-refractivity contribution in [3.8, 4) is 0 Å². The fraction of sp³-hybridized carbons (Fsp3) is 0.909. The molecule has 1 amide bonds. The van der Waals surface area contributed by atoms with E-state index >= 15 is 0 Å². The SMILES string of the molecule is CC1CSCCN1C(=O)CC1CNCCO1.Cl. The molecule has 0 aromatic heterocycles. The Morgan fingerprint density at radius 3 is 3.06 bits per heavy atom. The summed E-state index contributed by atoms with van der Waals surface area (Å²) >= 11 is 1.93. The van der Waals surface area contributed by atoms with Gasteiger partial charge in [-0.3, -0.25) is 4.79 Å². The Bertz CT molecular complexity index is 250. The lowest BCUT2D eigenvalue weighted by Gasteiger charge is -2.34. The van der Waals surface area contributed by atoms with Gasteiger partial charge in [-0.1, -0.05) is 0 Å². The van der Waals surface area contributed by atoms with Crippen LogP contribution in [0.2, 0.25) is 0 Å². The van der Waals surface area contributed by atoms with E-state index in [1.165, 1.54) is 0 Å². The maximum absolute atomic E-state index is 12.1. The first-order valence-electron chi connectivity index (χ1n) is 5.97. The number of carbonyl (C=O) groups is 1. The summed E-state index contributed by atoms with van der Waals surface area (Å²) in [6.45, 7) is 5.46. The van der Waals surface area contributed by atoms with Crippen LogP contribution in [0.3, 0.4) is 0 Å². The standard InChI is InChI=1S/C11H20N2O2S.ClH/c1-9-8-16-5-3-13(9)11(14)6-10-7-12-2-4-15-10;/h9-10,12H,2-8H2,1H3;1H. The van der Waals surface area contributed by atoms with E-state index in [1.807, 2.05) is 16.7 Å². The van der Waals surface area contributed by atoms with Crippen LogP contribution in [0, 0.1) is 0 Å². The third-order valence-corrected chi connectivity index (χ3v) is 4.28. The molecule has 0 saturated carbocycles. The fourth-order valence-corrected chi connectivity index (χ4v) is 3.17. The highest BCUT2D eigenvalue weighted by Crippen LogP contribution is 2.17. The molecule has 17 heavy (non-hydrogen) atoms. The third kappa shape index (κ3) is 4.32. The van der Waals surface area contributed by atoms with Crippen molar-refractivity contribution in [1.82, 2.24) is 10.2 Å². The highest BCUT2D eigenvalue weighted by molar-refractivity contribution is 7.99. The number of nitrogens with zero attached hydrogens (tertiary/aromatic N) is 1.